The first-order valence-corrected chi connectivity index (χ1v) is 7.73. The normalized spacial score (nSPS) is 20.7. The molecule has 2 aromatic rings. The van der Waals surface area contributed by atoms with Crippen molar-refractivity contribution in [3.63, 3.8) is 0 Å². The Hall–Kier alpha value is -1.65. The molecule has 2 N–H and O–H groups in total. The Morgan fingerprint density at radius 2 is 2.10 bits per heavy atom. The number of nitrogens with two attached hydrogens (primary N) is 1. The molecule has 1 aliphatic rings. The summed E-state index contributed by atoms with van der Waals surface area (Å²) in [5.74, 6) is 1.07. The van der Waals surface area contributed by atoms with Crippen LogP contribution in [0.3, 0.4) is 0 Å². The van der Waals surface area contributed by atoms with Gasteiger partial charge in [0.15, 0.2) is 0 Å². The lowest BCUT2D eigenvalue weighted by atomic mass is 10.1. The van der Waals surface area contributed by atoms with Crippen LogP contribution in [0, 0.1) is 0 Å². The Morgan fingerprint density at radius 1 is 1.29 bits per heavy atom. The van der Waals surface area contributed by atoms with E-state index in [1.807, 2.05) is 12.1 Å². The molecule has 0 spiro atoms. The van der Waals surface area contributed by atoms with Gasteiger partial charge in [0.25, 0.3) is 0 Å². The van der Waals surface area contributed by atoms with E-state index in [-0.39, 0.29) is 0 Å². The summed E-state index contributed by atoms with van der Waals surface area (Å²) in [5, 5.41) is 1.17. The van der Waals surface area contributed by atoms with E-state index in [1.165, 1.54) is 17.4 Å². The number of nitrogens with zero attached hydrogens (tertiary/aromatic N) is 3. The molecule has 0 aliphatic carbocycles. The largest absolute Gasteiger partial charge is 0.353 e. The number of rotatable bonds is 2. The number of hydrogen-bond donors (Lipinski definition) is 1. The molecule has 1 aromatic heterocycles. The second kappa shape index (κ2) is 6.00. The molecule has 1 atom stereocenters. The highest BCUT2D eigenvalue weighted by molar-refractivity contribution is 5.84. The molecule has 4 nitrogen and oxygen atoms in total. The molecule has 0 saturated carbocycles. The first-order valence-electron chi connectivity index (χ1n) is 7.73. The van der Waals surface area contributed by atoms with Crippen LogP contribution < -0.4 is 10.6 Å². The molecule has 1 aliphatic heterocycles. The van der Waals surface area contributed by atoms with Crippen molar-refractivity contribution in [1.82, 2.24) is 9.88 Å². The summed E-state index contributed by atoms with van der Waals surface area (Å²) in [6.45, 7) is 6.12. The molecule has 1 saturated heterocycles. The quantitative estimate of drug-likeness (QED) is 0.918. The fourth-order valence-corrected chi connectivity index (χ4v) is 3.26. The van der Waals surface area contributed by atoms with Crippen molar-refractivity contribution >= 4 is 16.7 Å². The molecule has 0 radical (unpaired) electrons. The SMILES string of the molecule is CC1CN(C)CCCN1c1cc(CN)c2ccccc2n1. The van der Waals surface area contributed by atoms with Gasteiger partial charge in [-0.05, 0) is 44.6 Å². The van der Waals surface area contributed by atoms with E-state index in [4.69, 9.17) is 10.7 Å². The van der Waals surface area contributed by atoms with E-state index in [1.54, 1.807) is 0 Å². The van der Waals surface area contributed by atoms with Crippen LogP contribution in [0.15, 0.2) is 30.3 Å². The van der Waals surface area contributed by atoms with E-state index >= 15 is 0 Å². The zero-order chi connectivity index (χ0) is 14.8. The second-order valence-corrected chi connectivity index (χ2v) is 6.02. The number of anilines is 1. The zero-order valence-electron chi connectivity index (χ0n) is 12.9. The molecule has 3 rings (SSSR count). The Labute approximate surface area is 126 Å². The number of likely N-dealkylation sites (N-methyl/N-ethyl adjacent to an activating group) is 1. The predicted octanol–water partition coefficient (Wildman–Crippen LogP) is 2.22. The number of benzene rings is 1. The predicted molar refractivity (Wildman–Crippen MR) is 88.6 cm³/mol. The van der Waals surface area contributed by atoms with E-state index in [0.717, 1.165) is 31.0 Å². The van der Waals surface area contributed by atoms with Crippen molar-refractivity contribution in [3.8, 4) is 0 Å². The molecule has 2 heterocycles. The molecule has 21 heavy (non-hydrogen) atoms. The highest BCUT2D eigenvalue weighted by atomic mass is 15.3. The standard InChI is InChI=1S/C17H24N4/c1-13-12-20(2)8-5-9-21(13)17-10-14(11-18)15-6-3-4-7-16(15)19-17/h3-4,6-7,10,13H,5,8-9,11-12,18H2,1-2H3. The lowest BCUT2D eigenvalue weighted by Crippen LogP contribution is -2.38. The van der Waals surface area contributed by atoms with Gasteiger partial charge >= 0.3 is 0 Å². The molecule has 1 fully saturated rings. The van der Waals surface area contributed by atoms with Crippen LogP contribution in [-0.2, 0) is 6.54 Å². The fraction of sp³-hybridized carbons (Fsp3) is 0.471. The van der Waals surface area contributed by atoms with E-state index in [0.29, 0.717) is 12.6 Å². The smallest absolute Gasteiger partial charge is 0.129 e. The number of pyridine rings is 1. The molecular formula is C17H24N4. The zero-order valence-corrected chi connectivity index (χ0v) is 12.9. The number of fused-ring (bicyclic) bond motifs is 1. The minimum absolute atomic E-state index is 0.469. The lowest BCUT2D eigenvalue weighted by Gasteiger charge is -2.29. The Bertz CT molecular complexity index is 625. The average Bonchev–Trinajstić information content (AvgIpc) is 2.66. The first-order chi connectivity index (χ1) is 10.2. The number of aromatic nitrogens is 1. The van der Waals surface area contributed by atoms with Crippen molar-refractivity contribution in [1.29, 1.82) is 0 Å². The average molecular weight is 284 g/mol. The van der Waals surface area contributed by atoms with Crippen molar-refractivity contribution in [2.24, 2.45) is 5.73 Å². The maximum Gasteiger partial charge on any atom is 0.129 e. The maximum atomic E-state index is 5.95. The van der Waals surface area contributed by atoms with Crippen LogP contribution in [0.4, 0.5) is 5.82 Å². The summed E-state index contributed by atoms with van der Waals surface area (Å²) in [6.07, 6.45) is 1.17. The first kappa shape index (κ1) is 14.3. The van der Waals surface area contributed by atoms with Crippen LogP contribution in [0.5, 0.6) is 0 Å². The fourth-order valence-electron chi connectivity index (χ4n) is 3.26. The highest BCUT2D eigenvalue weighted by Gasteiger charge is 2.21. The van der Waals surface area contributed by atoms with Gasteiger partial charge in [-0.1, -0.05) is 18.2 Å². The van der Waals surface area contributed by atoms with Gasteiger partial charge in [-0.25, -0.2) is 4.98 Å². The summed E-state index contributed by atoms with van der Waals surface area (Å²) in [5.41, 5.74) is 8.17. The maximum absolute atomic E-state index is 5.95. The Morgan fingerprint density at radius 3 is 2.90 bits per heavy atom. The van der Waals surface area contributed by atoms with Gasteiger partial charge in [0.2, 0.25) is 0 Å². The molecule has 112 valence electrons. The summed E-state index contributed by atoms with van der Waals surface area (Å²) >= 11 is 0. The third kappa shape index (κ3) is 2.87. The lowest BCUT2D eigenvalue weighted by molar-refractivity contribution is 0.337. The summed E-state index contributed by atoms with van der Waals surface area (Å²) in [6, 6.07) is 10.9. The topological polar surface area (TPSA) is 45.4 Å². The number of hydrogen-bond acceptors (Lipinski definition) is 4. The Balaban J connectivity index is 2.03. The van der Waals surface area contributed by atoms with E-state index in [9.17, 15) is 0 Å². The van der Waals surface area contributed by atoms with Crippen LogP contribution in [0.25, 0.3) is 10.9 Å². The molecule has 1 unspecified atom stereocenters. The van der Waals surface area contributed by atoms with E-state index < -0.39 is 0 Å². The van der Waals surface area contributed by atoms with E-state index in [2.05, 4.69) is 42.0 Å². The van der Waals surface area contributed by atoms with Gasteiger partial charge in [0.05, 0.1) is 5.52 Å². The van der Waals surface area contributed by atoms with Crippen molar-refractivity contribution < 1.29 is 0 Å². The molecule has 1 aromatic carbocycles. The van der Waals surface area contributed by atoms with Gasteiger partial charge in [-0.3, -0.25) is 0 Å². The summed E-state index contributed by atoms with van der Waals surface area (Å²) in [4.78, 5) is 9.70. The Kier molecular flexibility index (Phi) is 4.08. The molecule has 0 amide bonds. The van der Waals surface area contributed by atoms with Crippen molar-refractivity contribution in [2.45, 2.75) is 25.9 Å². The second-order valence-electron chi connectivity index (χ2n) is 6.02. The molecular weight excluding hydrogens is 260 g/mol. The van der Waals surface area contributed by atoms with Gasteiger partial charge in [-0.2, -0.15) is 0 Å². The van der Waals surface area contributed by atoms with Crippen molar-refractivity contribution in [3.05, 3.63) is 35.9 Å². The van der Waals surface area contributed by atoms with Gasteiger partial charge < -0.3 is 15.5 Å². The number of para-hydroxylation sites is 1. The summed E-state index contributed by atoms with van der Waals surface area (Å²) < 4.78 is 0. The third-order valence-electron chi connectivity index (χ3n) is 4.35. The van der Waals surface area contributed by atoms with Crippen LogP contribution in [0.1, 0.15) is 18.9 Å². The molecule has 0 bridgehead atoms. The minimum Gasteiger partial charge on any atom is -0.353 e. The van der Waals surface area contributed by atoms with Gasteiger partial charge in [-0.15, -0.1) is 0 Å². The van der Waals surface area contributed by atoms with Crippen LogP contribution in [0.2, 0.25) is 0 Å². The van der Waals surface area contributed by atoms with Crippen LogP contribution >= 0.6 is 0 Å². The van der Waals surface area contributed by atoms with Gasteiger partial charge in [0, 0.05) is 31.1 Å². The van der Waals surface area contributed by atoms with Crippen molar-refractivity contribution in [2.75, 3.05) is 31.6 Å². The third-order valence-corrected chi connectivity index (χ3v) is 4.35. The van der Waals surface area contributed by atoms with Crippen LogP contribution in [-0.4, -0.2) is 42.6 Å². The molecule has 4 heteroatoms. The highest BCUT2D eigenvalue weighted by Crippen LogP contribution is 2.25. The monoisotopic (exact) mass is 284 g/mol. The summed E-state index contributed by atoms with van der Waals surface area (Å²) in [7, 11) is 2.19. The van der Waals surface area contributed by atoms with Gasteiger partial charge in [0.1, 0.15) is 5.82 Å². The minimum atomic E-state index is 0.469.